The number of carbonyl (C=O) groups is 4. The van der Waals surface area contributed by atoms with E-state index in [2.05, 4.69) is 9.47 Å². The highest BCUT2D eigenvalue weighted by Gasteiger charge is 2.35. The lowest BCUT2D eigenvalue weighted by molar-refractivity contribution is 0.0425. The zero-order valence-electron chi connectivity index (χ0n) is 13.0. The molecule has 4 rings (SSSR count). The zero-order valence-corrected chi connectivity index (χ0v) is 13.0. The van der Waals surface area contributed by atoms with Gasteiger partial charge >= 0.3 is 23.9 Å². The summed E-state index contributed by atoms with van der Waals surface area (Å²) >= 11 is 0. The van der Waals surface area contributed by atoms with Gasteiger partial charge in [-0.05, 0) is 42.3 Å². The van der Waals surface area contributed by atoms with Gasteiger partial charge in [0.25, 0.3) is 0 Å². The van der Waals surface area contributed by atoms with Crippen molar-refractivity contribution in [1.82, 2.24) is 0 Å². The molecule has 2 aliphatic heterocycles. The topological polar surface area (TPSA) is 113 Å². The fourth-order valence-electron chi connectivity index (χ4n) is 2.98. The smallest absolute Gasteiger partial charge is 0.346 e. The third-order valence-corrected chi connectivity index (χ3v) is 4.49. The lowest BCUT2D eigenvalue weighted by Crippen LogP contribution is -2.34. The van der Waals surface area contributed by atoms with Crippen molar-refractivity contribution in [2.75, 3.05) is 0 Å². The number of hydrogen-bond donors (Lipinski definition) is 1. The number of carbonyl (C=O) groups excluding carboxylic acids is 4. The maximum Gasteiger partial charge on any atom is 0.346 e. The molecule has 25 heavy (non-hydrogen) atoms. The Morgan fingerprint density at radius 3 is 1.44 bits per heavy atom. The molecule has 0 radical (unpaired) electrons. The van der Waals surface area contributed by atoms with Crippen LogP contribution in [0.4, 0.5) is 0 Å². The van der Waals surface area contributed by atoms with Gasteiger partial charge in [-0.3, -0.25) is 0 Å². The summed E-state index contributed by atoms with van der Waals surface area (Å²) in [6, 6.07) is 9.20. The Morgan fingerprint density at radius 1 is 0.680 bits per heavy atom. The van der Waals surface area contributed by atoms with Crippen molar-refractivity contribution in [3.63, 3.8) is 0 Å². The number of rotatable bonds is 2. The highest BCUT2D eigenvalue weighted by atomic mass is 16.6. The molecule has 0 bridgehead atoms. The Bertz CT molecular complexity index is 925. The number of ether oxygens (including phenoxy) is 2. The van der Waals surface area contributed by atoms with E-state index >= 15 is 0 Å². The Labute approximate surface area is 141 Å². The Kier molecular flexibility index (Phi) is 2.95. The first-order valence-electron chi connectivity index (χ1n) is 7.40. The Morgan fingerprint density at radius 2 is 1.04 bits per heavy atom. The lowest BCUT2D eigenvalue weighted by Gasteiger charge is -2.26. The van der Waals surface area contributed by atoms with Gasteiger partial charge in [0.2, 0.25) is 0 Å². The van der Waals surface area contributed by atoms with Crippen LogP contribution in [0.1, 0.15) is 59.5 Å². The first-order valence-corrected chi connectivity index (χ1v) is 7.40. The maximum absolute atomic E-state index is 11.7. The number of fused-ring (bicyclic) bond motifs is 2. The van der Waals surface area contributed by atoms with Gasteiger partial charge < -0.3 is 15.2 Å². The summed E-state index contributed by atoms with van der Waals surface area (Å²) in [6.45, 7) is 1.70. The number of benzene rings is 2. The van der Waals surface area contributed by atoms with Gasteiger partial charge in [-0.1, -0.05) is 12.1 Å². The average molecular weight is 337 g/mol. The monoisotopic (exact) mass is 337 g/mol. The average Bonchev–Trinajstić information content (AvgIpc) is 3.03. The van der Waals surface area contributed by atoms with Gasteiger partial charge in [0.1, 0.15) is 0 Å². The minimum absolute atomic E-state index is 0.148. The second kappa shape index (κ2) is 4.84. The van der Waals surface area contributed by atoms with Crippen molar-refractivity contribution in [3.8, 4) is 0 Å². The fraction of sp³-hybridized carbons (Fsp3) is 0.111. The van der Waals surface area contributed by atoms with E-state index in [1.165, 1.54) is 24.3 Å². The molecule has 2 aromatic carbocycles. The summed E-state index contributed by atoms with van der Waals surface area (Å²) < 4.78 is 9.15. The molecule has 2 heterocycles. The number of hydrogen-bond acceptors (Lipinski definition) is 7. The number of nitrogens with two attached hydrogens (primary N) is 1. The predicted molar refractivity (Wildman–Crippen MR) is 83.0 cm³/mol. The minimum atomic E-state index is -1.08. The van der Waals surface area contributed by atoms with Gasteiger partial charge in [-0.2, -0.15) is 0 Å². The SMILES string of the molecule is CC(N)(c1ccc2c(c1)C(=O)OC2=O)c1ccc2c(c1)C(=O)OC2=O. The van der Waals surface area contributed by atoms with Crippen LogP contribution >= 0.6 is 0 Å². The van der Waals surface area contributed by atoms with Gasteiger partial charge in [0, 0.05) is 0 Å². The molecule has 0 saturated heterocycles. The van der Waals surface area contributed by atoms with Crippen LogP contribution in [-0.2, 0) is 15.0 Å². The summed E-state index contributed by atoms with van der Waals surface area (Å²) in [5.74, 6) is -2.82. The zero-order chi connectivity index (χ0) is 17.9. The molecule has 0 fully saturated rings. The predicted octanol–water partition coefficient (Wildman–Crippen LogP) is 1.53. The van der Waals surface area contributed by atoms with E-state index in [0.717, 1.165) is 0 Å². The largest absolute Gasteiger partial charge is 0.386 e. The van der Waals surface area contributed by atoms with Gasteiger partial charge in [-0.25, -0.2) is 19.2 Å². The van der Waals surface area contributed by atoms with Crippen LogP contribution in [0, 0.1) is 0 Å². The molecular formula is C18H11NO6. The fourth-order valence-corrected chi connectivity index (χ4v) is 2.98. The summed E-state index contributed by atoms with van der Waals surface area (Å²) in [7, 11) is 0. The van der Waals surface area contributed by atoms with Crippen LogP contribution in [-0.4, -0.2) is 23.9 Å². The molecule has 0 saturated carbocycles. The molecule has 0 unspecified atom stereocenters. The van der Waals surface area contributed by atoms with Crippen molar-refractivity contribution < 1.29 is 28.7 Å². The quantitative estimate of drug-likeness (QED) is 0.653. The first kappa shape index (κ1) is 15.2. The maximum atomic E-state index is 11.7. The summed E-state index contributed by atoms with van der Waals surface area (Å²) in [5.41, 5.74) is 7.13. The normalized spacial score (nSPS) is 15.8. The van der Waals surface area contributed by atoms with Crippen molar-refractivity contribution in [3.05, 3.63) is 69.8 Å². The van der Waals surface area contributed by atoms with Crippen molar-refractivity contribution in [1.29, 1.82) is 0 Å². The molecule has 124 valence electrons. The lowest BCUT2D eigenvalue weighted by atomic mass is 9.83. The van der Waals surface area contributed by atoms with Crippen molar-refractivity contribution in [2.24, 2.45) is 5.73 Å². The van der Waals surface area contributed by atoms with Gasteiger partial charge in [-0.15, -0.1) is 0 Å². The summed E-state index contributed by atoms with van der Waals surface area (Å²) in [4.78, 5) is 46.6. The molecule has 0 aromatic heterocycles. The second-order valence-electron chi connectivity index (χ2n) is 6.08. The second-order valence-corrected chi connectivity index (χ2v) is 6.08. The van der Waals surface area contributed by atoms with Crippen molar-refractivity contribution >= 4 is 23.9 Å². The van der Waals surface area contributed by atoms with E-state index in [4.69, 9.17) is 5.73 Å². The standard InChI is InChI=1S/C18H11NO6/c1-18(19,8-2-4-10-12(6-8)16(22)24-14(10)20)9-3-5-11-13(7-9)17(23)25-15(11)21/h2-7H,19H2,1H3. The van der Waals surface area contributed by atoms with Crippen LogP contribution in [0.3, 0.4) is 0 Å². The molecule has 0 atom stereocenters. The number of cyclic esters (lactones) is 4. The van der Waals surface area contributed by atoms with Crippen LogP contribution in [0.25, 0.3) is 0 Å². The number of esters is 4. The highest BCUT2D eigenvalue weighted by Crippen LogP contribution is 2.32. The van der Waals surface area contributed by atoms with Crippen LogP contribution in [0.2, 0.25) is 0 Å². The Balaban J connectivity index is 1.81. The Hall–Kier alpha value is -3.32. The van der Waals surface area contributed by atoms with Crippen LogP contribution < -0.4 is 5.73 Å². The third kappa shape index (κ3) is 2.10. The van der Waals surface area contributed by atoms with Crippen LogP contribution in [0.5, 0.6) is 0 Å². The minimum Gasteiger partial charge on any atom is -0.386 e. The van der Waals surface area contributed by atoms with E-state index in [9.17, 15) is 19.2 Å². The molecule has 2 aliphatic rings. The van der Waals surface area contributed by atoms with E-state index in [-0.39, 0.29) is 22.3 Å². The molecule has 0 amide bonds. The van der Waals surface area contributed by atoms with Gasteiger partial charge in [0.15, 0.2) is 0 Å². The molecule has 0 spiro atoms. The molecule has 0 aliphatic carbocycles. The van der Waals surface area contributed by atoms with E-state index in [0.29, 0.717) is 11.1 Å². The molecular weight excluding hydrogens is 326 g/mol. The van der Waals surface area contributed by atoms with Crippen molar-refractivity contribution in [2.45, 2.75) is 12.5 Å². The molecule has 7 heteroatoms. The summed E-state index contributed by atoms with van der Waals surface area (Å²) in [6.07, 6.45) is 0. The summed E-state index contributed by atoms with van der Waals surface area (Å²) in [5, 5.41) is 0. The van der Waals surface area contributed by atoms with Gasteiger partial charge in [0.05, 0.1) is 27.8 Å². The third-order valence-electron chi connectivity index (χ3n) is 4.49. The van der Waals surface area contributed by atoms with E-state index in [1.54, 1.807) is 19.1 Å². The van der Waals surface area contributed by atoms with Crippen LogP contribution in [0.15, 0.2) is 36.4 Å². The van der Waals surface area contributed by atoms with E-state index in [1.807, 2.05) is 0 Å². The first-order chi connectivity index (χ1) is 11.8. The highest BCUT2D eigenvalue weighted by molar-refractivity contribution is 6.15. The molecule has 7 nitrogen and oxygen atoms in total. The molecule has 2 N–H and O–H groups in total. The van der Waals surface area contributed by atoms with E-state index < -0.39 is 29.4 Å². The molecule has 2 aromatic rings.